The van der Waals surface area contributed by atoms with Gasteiger partial charge in [-0.25, -0.2) is 16.8 Å². The van der Waals surface area contributed by atoms with Crippen LogP contribution in [-0.2, 0) is 20.0 Å². The van der Waals surface area contributed by atoms with Crippen LogP contribution in [0.1, 0.15) is 131 Å². The number of hydrogen-bond acceptors (Lipinski definition) is 4. The van der Waals surface area contributed by atoms with Gasteiger partial charge in [0.15, 0.2) is 0 Å². The minimum Gasteiger partial charge on any atom is -0.432 e. The van der Waals surface area contributed by atoms with E-state index in [0.29, 0.717) is 5.92 Å². The van der Waals surface area contributed by atoms with Gasteiger partial charge in [0, 0.05) is 6.26 Å². The highest BCUT2D eigenvalue weighted by Gasteiger charge is 2.31. The van der Waals surface area contributed by atoms with Crippen LogP contribution in [0.15, 0.2) is 17.0 Å². The average Bonchev–Trinajstić information content (AvgIpc) is 2.78. The summed E-state index contributed by atoms with van der Waals surface area (Å²) in [7, 11) is -8.31. The minimum absolute atomic E-state index is 0.175. The lowest BCUT2D eigenvalue weighted by Crippen LogP contribution is -2.19. The summed E-state index contributed by atoms with van der Waals surface area (Å²) in [5.41, 5.74) is 3.01. The number of hydrogen-bond donors (Lipinski definition) is 0. The third-order valence-electron chi connectivity index (χ3n) is 7.83. The molecule has 0 heterocycles. The van der Waals surface area contributed by atoms with Crippen LogP contribution in [0.25, 0.3) is 4.13 Å². The molecule has 0 spiro atoms. The lowest BCUT2D eigenvalue weighted by atomic mass is 9.76. The van der Waals surface area contributed by atoms with Crippen LogP contribution in [0.4, 0.5) is 0 Å². The Morgan fingerprint density at radius 1 is 0.625 bits per heavy atom. The topological polar surface area (TPSA) is 82.4 Å². The van der Waals surface area contributed by atoms with Gasteiger partial charge in [0.05, 0.1) is 14.9 Å². The molecule has 5 nitrogen and oxygen atoms in total. The molecule has 0 aliphatic heterocycles. The molecule has 3 aliphatic carbocycles. The maximum atomic E-state index is 13.5. The molecule has 3 aliphatic rings. The zero-order valence-electron chi connectivity index (χ0n) is 19.4. The molecule has 1 aromatic rings. The second-order valence-electron chi connectivity index (χ2n) is 10.3. The molecule has 4 rings (SSSR count). The maximum absolute atomic E-state index is 13.5. The highest BCUT2D eigenvalue weighted by Crippen LogP contribution is 2.46. The molecular weight excluding hydrogens is 442 g/mol. The Morgan fingerprint density at radius 2 is 1.00 bits per heavy atom. The summed E-state index contributed by atoms with van der Waals surface area (Å²) in [6.07, 6.45) is 17.6. The molecule has 0 bridgehead atoms. The second-order valence-corrected chi connectivity index (χ2v) is 13.7. The third-order valence-corrected chi connectivity index (χ3v) is 10.7. The van der Waals surface area contributed by atoms with Crippen LogP contribution in [0.2, 0.25) is 0 Å². The molecule has 1 aromatic carbocycles. The molecule has 0 aromatic heterocycles. The van der Waals surface area contributed by atoms with Gasteiger partial charge in [-0.1, -0.05) is 69.9 Å². The molecule has 0 saturated heterocycles. The summed E-state index contributed by atoms with van der Waals surface area (Å²) in [6, 6.07) is 4.28. The van der Waals surface area contributed by atoms with Gasteiger partial charge in [0.2, 0.25) is 0 Å². The molecule has 3 saturated carbocycles. The van der Waals surface area contributed by atoms with E-state index < -0.39 is 20.0 Å². The smallest absolute Gasteiger partial charge is 0.112 e. The monoisotopic (exact) mass is 480 g/mol. The largest absolute Gasteiger partial charge is 0.432 e. The SMILES string of the molecule is CS(=O)(=O)[N-]S(=O)(=O)c1c(C2CCCCC2)cc(C2CCCCC2)cc1C1CCCCC1. The summed E-state index contributed by atoms with van der Waals surface area (Å²) < 4.78 is 54.4. The van der Waals surface area contributed by atoms with Crippen molar-refractivity contribution in [3.8, 4) is 0 Å². The Balaban J connectivity index is 1.90. The molecule has 3 fully saturated rings. The summed E-state index contributed by atoms with van der Waals surface area (Å²) in [4.78, 5) is 0.237. The van der Waals surface area contributed by atoms with Gasteiger partial charge in [0.1, 0.15) is 10.0 Å². The Labute approximate surface area is 194 Å². The van der Waals surface area contributed by atoms with Crippen LogP contribution in [-0.4, -0.2) is 23.1 Å². The highest BCUT2D eigenvalue weighted by molar-refractivity contribution is 8.12. The Hall–Kier alpha value is -0.920. The predicted molar refractivity (Wildman–Crippen MR) is 129 cm³/mol. The number of sulfonamides is 2. The van der Waals surface area contributed by atoms with E-state index in [1.165, 1.54) is 37.7 Å². The van der Waals surface area contributed by atoms with Crippen molar-refractivity contribution < 1.29 is 16.8 Å². The van der Waals surface area contributed by atoms with Crippen LogP contribution < -0.4 is 0 Å². The molecule has 0 atom stereocenters. The fraction of sp³-hybridized carbons (Fsp3) is 0.760. The predicted octanol–water partition coefficient (Wildman–Crippen LogP) is 6.85. The van der Waals surface area contributed by atoms with E-state index in [9.17, 15) is 16.8 Å². The van der Waals surface area contributed by atoms with Gasteiger partial charge < -0.3 is 4.13 Å². The summed E-state index contributed by atoms with van der Waals surface area (Å²) in [5, 5.41) is 0. The van der Waals surface area contributed by atoms with Crippen molar-refractivity contribution in [1.82, 2.24) is 0 Å². The van der Waals surface area contributed by atoms with Gasteiger partial charge in [0.25, 0.3) is 0 Å². The molecular formula is C25H38NO4S2-. The first-order valence-corrected chi connectivity index (χ1v) is 15.9. The average molecular weight is 481 g/mol. The van der Waals surface area contributed by atoms with Crippen molar-refractivity contribution in [3.63, 3.8) is 0 Å². The zero-order valence-corrected chi connectivity index (χ0v) is 21.0. The zero-order chi connectivity index (χ0) is 22.8. The van der Waals surface area contributed by atoms with Crippen molar-refractivity contribution >= 4 is 20.0 Å². The molecule has 0 unspecified atom stereocenters. The van der Waals surface area contributed by atoms with E-state index in [4.69, 9.17) is 0 Å². The quantitative estimate of drug-likeness (QED) is 0.446. The normalized spacial score (nSPS) is 22.8. The third kappa shape index (κ3) is 5.76. The van der Waals surface area contributed by atoms with Gasteiger partial charge in [-0.2, -0.15) is 0 Å². The van der Waals surface area contributed by atoms with Gasteiger partial charge in [-0.05, 0) is 73.0 Å². The van der Waals surface area contributed by atoms with E-state index in [2.05, 4.69) is 16.3 Å². The van der Waals surface area contributed by atoms with Crippen molar-refractivity contribution in [2.75, 3.05) is 6.26 Å². The van der Waals surface area contributed by atoms with Crippen molar-refractivity contribution in [3.05, 3.63) is 33.0 Å². The molecule has 0 radical (unpaired) electrons. The number of rotatable bonds is 6. The van der Waals surface area contributed by atoms with E-state index in [0.717, 1.165) is 81.6 Å². The van der Waals surface area contributed by atoms with Crippen LogP contribution in [0.5, 0.6) is 0 Å². The molecule has 32 heavy (non-hydrogen) atoms. The van der Waals surface area contributed by atoms with Gasteiger partial charge >= 0.3 is 0 Å². The van der Waals surface area contributed by atoms with Crippen LogP contribution in [0.3, 0.4) is 0 Å². The van der Waals surface area contributed by atoms with E-state index in [-0.39, 0.29) is 16.7 Å². The Bertz CT molecular complexity index is 959. The van der Waals surface area contributed by atoms with Crippen molar-refractivity contribution in [1.29, 1.82) is 0 Å². The maximum Gasteiger partial charge on any atom is 0.112 e. The number of nitrogens with zero attached hydrogens (tertiary/aromatic N) is 1. The molecule has 0 amide bonds. The van der Waals surface area contributed by atoms with E-state index in [1.54, 1.807) is 0 Å². The van der Waals surface area contributed by atoms with Gasteiger partial charge in [-0.15, -0.1) is 0 Å². The first-order valence-electron chi connectivity index (χ1n) is 12.6. The van der Waals surface area contributed by atoms with Crippen molar-refractivity contribution in [2.24, 2.45) is 0 Å². The Morgan fingerprint density at radius 3 is 1.38 bits per heavy atom. The van der Waals surface area contributed by atoms with Crippen LogP contribution >= 0.6 is 0 Å². The molecule has 0 N–H and O–H groups in total. The van der Waals surface area contributed by atoms with Gasteiger partial charge in [-0.3, -0.25) is 0 Å². The first-order chi connectivity index (χ1) is 15.2. The second kappa shape index (κ2) is 10.1. The number of benzene rings is 1. The summed E-state index contributed by atoms with van der Waals surface area (Å²) >= 11 is 0. The molecule has 180 valence electrons. The Kier molecular flexibility index (Phi) is 7.67. The molecule has 7 heteroatoms. The van der Waals surface area contributed by atoms with E-state index in [1.807, 2.05) is 0 Å². The lowest BCUT2D eigenvalue weighted by Gasteiger charge is -2.34. The fourth-order valence-electron chi connectivity index (χ4n) is 6.32. The summed E-state index contributed by atoms with van der Waals surface area (Å²) in [5.74, 6) is 0.834. The summed E-state index contributed by atoms with van der Waals surface area (Å²) in [6.45, 7) is 0. The first kappa shape index (κ1) is 24.2. The van der Waals surface area contributed by atoms with E-state index >= 15 is 0 Å². The highest BCUT2D eigenvalue weighted by atomic mass is 32.3. The minimum atomic E-state index is -4.29. The van der Waals surface area contributed by atoms with Crippen molar-refractivity contribution in [2.45, 2.75) is 119 Å². The fourth-order valence-corrected chi connectivity index (χ4v) is 9.09. The van der Waals surface area contributed by atoms with Crippen LogP contribution in [0, 0.1) is 0 Å². The standard InChI is InChI=1S/C25H38NO4S2/c1-31(27,28)26-32(29,30)25-23(20-13-7-3-8-14-20)17-22(19-11-5-2-6-12-19)18-24(25)21-15-9-4-10-16-21/h17-21H,2-16H2,1H3/q-1. The lowest BCUT2D eigenvalue weighted by molar-refractivity contribution is 0.419.